The van der Waals surface area contributed by atoms with E-state index in [1.807, 2.05) is 0 Å². The lowest BCUT2D eigenvalue weighted by Gasteiger charge is -2.00. The first-order chi connectivity index (χ1) is 5.66. The van der Waals surface area contributed by atoms with Gasteiger partial charge in [0.15, 0.2) is 5.82 Å². The highest BCUT2D eigenvalue weighted by atomic mass is 32.1. The zero-order valence-corrected chi connectivity index (χ0v) is 6.86. The normalized spacial score (nSPS) is 9.00. The number of hydrogen-bond acceptors (Lipinski definition) is 2. The van der Waals surface area contributed by atoms with Gasteiger partial charge in [-0.25, -0.2) is 4.39 Å². The first kappa shape index (κ1) is 8.62. The first-order valence-electron chi connectivity index (χ1n) is 3.15. The molecular formula is C8H5FN2S. The van der Waals surface area contributed by atoms with E-state index in [9.17, 15) is 4.39 Å². The second-order valence-corrected chi connectivity index (χ2v) is 2.58. The SMILES string of the molecule is N#Cc1cccc(C(N)=S)c1F. The van der Waals surface area contributed by atoms with Gasteiger partial charge in [0.25, 0.3) is 0 Å². The Bertz CT molecular complexity index is 368. The predicted molar refractivity (Wildman–Crippen MR) is 47.0 cm³/mol. The molecule has 0 saturated heterocycles. The number of hydrogen-bond donors (Lipinski definition) is 1. The van der Waals surface area contributed by atoms with Crippen molar-refractivity contribution in [2.24, 2.45) is 5.73 Å². The van der Waals surface area contributed by atoms with E-state index in [-0.39, 0.29) is 16.1 Å². The number of nitriles is 1. The third kappa shape index (κ3) is 1.41. The van der Waals surface area contributed by atoms with E-state index < -0.39 is 5.82 Å². The van der Waals surface area contributed by atoms with Crippen molar-refractivity contribution in [1.29, 1.82) is 5.26 Å². The van der Waals surface area contributed by atoms with Crippen LogP contribution in [0.1, 0.15) is 11.1 Å². The van der Waals surface area contributed by atoms with Crippen molar-refractivity contribution < 1.29 is 4.39 Å². The third-order valence-electron chi connectivity index (χ3n) is 1.38. The van der Waals surface area contributed by atoms with Crippen LogP contribution in [0.3, 0.4) is 0 Å². The second-order valence-electron chi connectivity index (χ2n) is 2.14. The zero-order valence-electron chi connectivity index (χ0n) is 6.04. The van der Waals surface area contributed by atoms with Crippen LogP contribution in [0, 0.1) is 17.1 Å². The highest BCUT2D eigenvalue weighted by molar-refractivity contribution is 7.80. The molecule has 0 spiro atoms. The van der Waals surface area contributed by atoms with Crippen molar-refractivity contribution in [2.45, 2.75) is 0 Å². The highest BCUT2D eigenvalue weighted by Crippen LogP contribution is 2.11. The molecule has 1 aromatic rings. The summed E-state index contributed by atoms with van der Waals surface area (Å²) in [6.07, 6.45) is 0. The van der Waals surface area contributed by atoms with Crippen LogP contribution < -0.4 is 5.73 Å². The van der Waals surface area contributed by atoms with Crippen molar-refractivity contribution in [3.05, 3.63) is 35.1 Å². The van der Waals surface area contributed by atoms with Gasteiger partial charge in [0, 0.05) is 5.56 Å². The van der Waals surface area contributed by atoms with Crippen molar-refractivity contribution in [2.75, 3.05) is 0 Å². The van der Waals surface area contributed by atoms with E-state index in [1.165, 1.54) is 18.2 Å². The van der Waals surface area contributed by atoms with E-state index in [0.29, 0.717) is 0 Å². The molecule has 0 radical (unpaired) electrons. The van der Waals surface area contributed by atoms with Crippen LogP contribution in [0.15, 0.2) is 18.2 Å². The minimum Gasteiger partial charge on any atom is -0.389 e. The third-order valence-corrected chi connectivity index (χ3v) is 1.60. The van der Waals surface area contributed by atoms with Crippen molar-refractivity contribution >= 4 is 17.2 Å². The van der Waals surface area contributed by atoms with Gasteiger partial charge in [-0.2, -0.15) is 5.26 Å². The Morgan fingerprint density at radius 1 is 1.58 bits per heavy atom. The Morgan fingerprint density at radius 2 is 2.25 bits per heavy atom. The van der Waals surface area contributed by atoms with Gasteiger partial charge in [-0.1, -0.05) is 18.3 Å². The summed E-state index contributed by atoms with van der Waals surface area (Å²) >= 11 is 4.59. The zero-order chi connectivity index (χ0) is 9.14. The summed E-state index contributed by atoms with van der Waals surface area (Å²) in [5.74, 6) is -0.646. The summed E-state index contributed by atoms with van der Waals surface area (Å²) in [6, 6.07) is 6.05. The van der Waals surface area contributed by atoms with Crippen LogP contribution in [0.25, 0.3) is 0 Å². The monoisotopic (exact) mass is 180 g/mol. The van der Waals surface area contributed by atoms with Gasteiger partial charge < -0.3 is 5.73 Å². The van der Waals surface area contributed by atoms with Crippen LogP contribution in [-0.2, 0) is 0 Å². The number of nitrogens with zero attached hydrogens (tertiary/aromatic N) is 1. The molecule has 4 heteroatoms. The number of halogens is 1. The fourth-order valence-corrected chi connectivity index (χ4v) is 0.966. The summed E-state index contributed by atoms with van der Waals surface area (Å²) < 4.78 is 13.1. The molecule has 12 heavy (non-hydrogen) atoms. The van der Waals surface area contributed by atoms with Crippen LogP contribution in [-0.4, -0.2) is 4.99 Å². The molecule has 0 fully saturated rings. The molecule has 0 atom stereocenters. The number of benzene rings is 1. The molecule has 0 bridgehead atoms. The fraction of sp³-hybridized carbons (Fsp3) is 0. The highest BCUT2D eigenvalue weighted by Gasteiger charge is 2.08. The van der Waals surface area contributed by atoms with Crippen LogP contribution in [0.5, 0.6) is 0 Å². The first-order valence-corrected chi connectivity index (χ1v) is 3.56. The summed E-state index contributed by atoms with van der Waals surface area (Å²) in [5, 5.41) is 8.45. The largest absolute Gasteiger partial charge is 0.389 e. The van der Waals surface area contributed by atoms with Gasteiger partial charge in [-0.05, 0) is 12.1 Å². The Hall–Kier alpha value is -1.47. The summed E-state index contributed by atoms with van der Waals surface area (Å²) in [5.41, 5.74) is 5.29. The molecule has 0 aromatic heterocycles. The quantitative estimate of drug-likeness (QED) is 0.663. The number of rotatable bonds is 1. The van der Waals surface area contributed by atoms with Crippen LogP contribution in [0.2, 0.25) is 0 Å². The smallest absolute Gasteiger partial charge is 0.151 e. The van der Waals surface area contributed by atoms with Crippen molar-refractivity contribution in [3.8, 4) is 6.07 Å². The van der Waals surface area contributed by atoms with Crippen LogP contribution in [0.4, 0.5) is 4.39 Å². The molecule has 2 N–H and O–H groups in total. The van der Waals surface area contributed by atoms with Gasteiger partial charge >= 0.3 is 0 Å². The lowest BCUT2D eigenvalue weighted by molar-refractivity contribution is 0.621. The minimum absolute atomic E-state index is 0.0374. The summed E-state index contributed by atoms with van der Waals surface area (Å²) in [4.78, 5) is -0.0374. The van der Waals surface area contributed by atoms with Gasteiger partial charge in [-0.3, -0.25) is 0 Å². The van der Waals surface area contributed by atoms with E-state index in [2.05, 4.69) is 12.2 Å². The minimum atomic E-state index is -0.646. The van der Waals surface area contributed by atoms with Crippen molar-refractivity contribution in [3.63, 3.8) is 0 Å². The average molecular weight is 180 g/mol. The summed E-state index contributed by atoms with van der Waals surface area (Å²) in [6.45, 7) is 0. The molecule has 1 aromatic carbocycles. The second kappa shape index (κ2) is 3.28. The Labute approximate surface area is 74.4 Å². The molecule has 0 heterocycles. The predicted octanol–water partition coefficient (Wildman–Crippen LogP) is 1.33. The Kier molecular flexibility index (Phi) is 2.36. The molecule has 1 rings (SSSR count). The maximum atomic E-state index is 13.1. The van der Waals surface area contributed by atoms with Gasteiger partial charge in [0.05, 0.1) is 5.56 Å². The Balaban J connectivity index is 3.35. The molecule has 0 aliphatic heterocycles. The molecule has 60 valence electrons. The van der Waals surface area contributed by atoms with Gasteiger partial charge in [0.1, 0.15) is 11.1 Å². The lowest BCUT2D eigenvalue weighted by Crippen LogP contribution is -2.12. The number of nitrogens with two attached hydrogens (primary N) is 1. The molecule has 0 amide bonds. The van der Waals surface area contributed by atoms with E-state index in [4.69, 9.17) is 11.0 Å². The van der Waals surface area contributed by atoms with Gasteiger partial charge in [0.2, 0.25) is 0 Å². The van der Waals surface area contributed by atoms with E-state index in [1.54, 1.807) is 6.07 Å². The topological polar surface area (TPSA) is 49.8 Å². The molecule has 0 saturated carbocycles. The van der Waals surface area contributed by atoms with E-state index in [0.717, 1.165) is 0 Å². The molecule has 0 aliphatic rings. The van der Waals surface area contributed by atoms with Gasteiger partial charge in [-0.15, -0.1) is 0 Å². The standard InChI is InChI=1S/C8H5FN2S/c9-7-5(4-10)2-1-3-6(7)8(11)12/h1-3H,(H2,11,12). The van der Waals surface area contributed by atoms with E-state index >= 15 is 0 Å². The maximum Gasteiger partial charge on any atom is 0.151 e. The Morgan fingerprint density at radius 3 is 2.75 bits per heavy atom. The van der Waals surface area contributed by atoms with Crippen molar-refractivity contribution in [1.82, 2.24) is 0 Å². The van der Waals surface area contributed by atoms with Crippen LogP contribution >= 0.6 is 12.2 Å². The summed E-state index contributed by atoms with van der Waals surface area (Å²) in [7, 11) is 0. The molecular weight excluding hydrogens is 175 g/mol. The molecule has 0 unspecified atom stereocenters. The molecule has 0 aliphatic carbocycles. The fourth-order valence-electron chi connectivity index (χ4n) is 0.809. The average Bonchev–Trinajstić information content (AvgIpc) is 2.04. The maximum absolute atomic E-state index is 13.1. The number of thiocarbonyl (C=S) groups is 1. The molecule has 2 nitrogen and oxygen atoms in total. The lowest BCUT2D eigenvalue weighted by atomic mass is 10.1.